The van der Waals surface area contributed by atoms with Gasteiger partial charge in [0.15, 0.2) is 0 Å². The van der Waals surface area contributed by atoms with Crippen molar-refractivity contribution in [3.05, 3.63) is 45.4 Å². The summed E-state index contributed by atoms with van der Waals surface area (Å²) < 4.78 is 3.43. The van der Waals surface area contributed by atoms with E-state index < -0.39 is 0 Å². The summed E-state index contributed by atoms with van der Waals surface area (Å²) in [6.07, 6.45) is 3.52. The van der Waals surface area contributed by atoms with Crippen LogP contribution >= 0.6 is 0 Å². The normalized spacial score (nSPS) is 12.6. The van der Waals surface area contributed by atoms with E-state index in [4.69, 9.17) is 5.73 Å². The number of nitrogens with zero attached hydrogens (tertiary/aromatic N) is 4. The lowest BCUT2D eigenvalue weighted by Gasteiger charge is -2.16. The Morgan fingerprint density at radius 2 is 1.88 bits per heavy atom. The van der Waals surface area contributed by atoms with Gasteiger partial charge in [0.25, 0.3) is 5.56 Å². The van der Waals surface area contributed by atoms with Gasteiger partial charge < -0.3 is 15.6 Å². The first-order valence-electron chi connectivity index (χ1n) is 8.06. The molecule has 3 heterocycles. The standard InChI is InChI=1S/C16H21N7O2/c1-9(2)22-7-5-12(19-16(22)25)18-8-10(3)23-6-4-11-13(23)20-15(17)21-14(11)24/h4-7,9-10H,8H2,1-3H3,(H,18,19,25)(H3,17,20,21,24). The summed E-state index contributed by atoms with van der Waals surface area (Å²) in [6.45, 7) is 6.34. The summed E-state index contributed by atoms with van der Waals surface area (Å²) in [7, 11) is 0. The fourth-order valence-electron chi connectivity index (χ4n) is 2.67. The molecule has 0 radical (unpaired) electrons. The molecule has 9 nitrogen and oxygen atoms in total. The molecule has 0 bridgehead atoms. The average Bonchev–Trinajstić information content (AvgIpc) is 2.96. The number of nitrogens with two attached hydrogens (primary N) is 1. The van der Waals surface area contributed by atoms with E-state index in [9.17, 15) is 9.59 Å². The smallest absolute Gasteiger partial charge is 0.349 e. The molecule has 25 heavy (non-hydrogen) atoms. The molecule has 4 N–H and O–H groups in total. The van der Waals surface area contributed by atoms with Crippen molar-refractivity contribution < 1.29 is 0 Å². The van der Waals surface area contributed by atoms with E-state index in [0.717, 1.165) is 0 Å². The maximum Gasteiger partial charge on any atom is 0.349 e. The zero-order valence-electron chi connectivity index (χ0n) is 14.4. The van der Waals surface area contributed by atoms with Gasteiger partial charge >= 0.3 is 5.69 Å². The highest BCUT2D eigenvalue weighted by atomic mass is 16.1. The van der Waals surface area contributed by atoms with E-state index >= 15 is 0 Å². The average molecular weight is 343 g/mol. The molecule has 0 saturated heterocycles. The SMILES string of the molecule is CC(C)n1ccc(NCC(C)n2ccc3c(=O)[nH]c(N)nc32)nc1=O. The molecule has 132 valence electrons. The Morgan fingerprint density at radius 3 is 2.56 bits per heavy atom. The van der Waals surface area contributed by atoms with E-state index in [2.05, 4.69) is 20.3 Å². The van der Waals surface area contributed by atoms with Crippen LogP contribution in [0, 0.1) is 0 Å². The number of anilines is 2. The van der Waals surface area contributed by atoms with Gasteiger partial charge in [-0.25, -0.2) is 4.79 Å². The van der Waals surface area contributed by atoms with E-state index in [1.54, 1.807) is 29.1 Å². The first-order valence-corrected chi connectivity index (χ1v) is 8.06. The Labute approximate surface area is 143 Å². The predicted octanol–water partition coefficient (Wildman–Crippen LogP) is 1.12. The fraction of sp³-hybridized carbons (Fsp3) is 0.375. The molecule has 0 fully saturated rings. The molecule has 0 aliphatic rings. The van der Waals surface area contributed by atoms with Gasteiger partial charge in [0, 0.05) is 31.0 Å². The Hall–Kier alpha value is -3.10. The van der Waals surface area contributed by atoms with Crippen molar-refractivity contribution in [3.63, 3.8) is 0 Å². The summed E-state index contributed by atoms with van der Waals surface area (Å²) in [6, 6.07) is 3.51. The molecule has 0 spiro atoms. The molecule has 1 unspecified atom stereocenters. The number of hydrogen-bond donors (Lipinski definition) is 3. The minimum absolute atomic E-state index is 0.0273. The second-order valence-electron chi connectivity index (χ2n) is 6.24. The summed E-state index contributed by atoms with van der Waals surface area (Å²) in [5.41, 5.74) is 5.60. The molecule has 0 aliphatic carbocycles. The largest absolute Gasteiger partial charge is 0.369 e. The zero-order chi connectivity index (χ0) is 18.1. The fourth-order valence-corrected chi connectivity index (χ4v) is 2.67. The van der Waals surface area contributed by atoms with Crippen LogP contribution in [0.25, 0.3) is 11.0 Å². The summed E-state index contributed by atoms with van der Waals surface area (Å²) >= 11 is 0. The third kappa shape index (κ3) is 3.25. The van der Waals surface area contributed by atoms with Crippen molar-refractivity contribution in [3.8, 4) is 0 Å². The first kappa shape index (κ1) is 16.7. The van der Waals surface area contributed by atoms with Crippen LogP contribution in [0.1, 0.15) is 32.9 Å². The molecule has 0 aromatic carbocycles. The second-order valence-corrected chi connectivity index (χ2v) is 6.24. The topological polar surface area (TPSA) is 124 Å². The summed E-state index contributed by atoms with van der Waals surface area (Å²) in [5.74, 6) is 0.590. The van der Waals surface area contributed by atoms with Gasteiger partial charge in [-0.2, -0.15) is 9.97 Å². The summed E-state index contributed by atoms with van der Waals surface area (Å²) in [4.78, 5) is 34.6. The van der Waals surface area contributed by atoms with Crippen LogP contribution in [0.4, 0.5) is 11.8 Å². The maximum atomic E-state index is 11.9. The van der Waals surface area contributed by atoms with Gasteiger partial charge in [-0.3, -0.25) is 14.3 Å². The van der Waals surface area contributed by atoms with Crippen molar-refractivity contribution >= 4 is 22.8 Å². The third-order valence-corrected chi connectivity index (χ3v) is 4.04. The first-order chi connectivity index (χ1) is 11.9. The van der Waals surface area contributed by atoms with Crippen molar-refractivity contribution in [1.82, 2.24) is 24.1 Å². The molecule has 1 atom stereocenters. The van der Waals surface area contributed by atoms with Gasteiger partial charge in [0.2, 0.25) is 5.95 Å². The lowest BCUT2D eigenvalue weighted by molar-refractivity contribution is 0.561. The molecule has 9 heteroatoms. The van der Waals surface area contributed by atoms with Crippen molar-refractivity contribution in [2.24, 2.45) is 0 Å². The Kier molecular flexibility index (Phi) is 4.30. The van der Waals surface area contributed by atoms with Gasteiger partial charge in [-0.05, 0) is 32.9 Å². The Morgan fingerprint density at radius 1 is 1.16 bits per heavy atom. The monoisotopic (exact) mass is 343 g/mol. The molecular weight excluding hydrogens is 322 g/mol. The van der Waals surface area contributed by atoms with Crippen LogP contribution in [-0.4, -0.2) is 30.6 Å². The highest BCUT2D eigenvalue weighted by molar-refractivity contribution is 5.76. The number of nitrogens with one attached hydrogen (secondary N) is 2. The molecule has 3 aromatic heterocycles. The van der Waals surface area contributed by atoms with Crippen molar-refractivity contribution in [2.45, 2.75) is 32.9 Å². The number of hydrogen-bond acceptors (Lipinski definition) is 6. The number of aromatic nitrogens is 5. The van der Waals surface area contributed by atoms with Crippen LogP contribution in [0.5, 0.6) is 0 Å². The van der Waals surface area contributed by atoms with Crippen molar-refractivity contribution in [2.75, 3.05) is 17.6 Å². The molecule has 0 amide bonds. The van der Waals surface area contributed by atoms with Crippen LogP contribution in [0.2, 0.25) is 0 Å². The second kappa shape index (κ2) is 6.42. The number of fused-ring (bicyclic) bond motifs is 1. The minimum atomic E-state index is -0.292. The third-order valence-electron chi connectivity index (χ3n) is 4.04. The summed E-state index contributed by atoms with van der Waals surface area (Å²) in [5, 5.41) is 3.63. The molecule has 3 aromatic rings. The van der Waals surface area contributed by atoms with Crippen LogP contribution in [0.3, 0.4) is 0 Å². The minimum Gasteiger partial charge on any atom is -0.369 e. The van der Waals surface area contributed by atoms with Crippen molar-refractivity contribution in [1.29, 1.82) is 0 Å². The number of rotatable bonds is 5. The highest BCUT2D eigenvalue weighted by Gasteiger charge is 2.13. The van der Waals surface area contributed by atoms with Gasteiger partial charge in [-0.15, -0.1) is 0 Å². The number of H-pyrrole nitrogens is 1. The van der Waals surface area contributed by atoms with Gasteiger partial charge in [0.1, 0.15) is 11.5 Å². The van der Waals surface area contributed by atoms with Crippen LogP contribution in [0.15, 0.2) is 34.1 Å². The van der Waals surface area contributed by atoms with Gasteiger partial charge in [0.05, 0.1) is 5.39 Å². The number of aromatic amines is 1. The highest BCUT2D eigenvalue weighted by Crippen LogP contribution is 2.16. The molecule has 0 saturated carbocycles. The predicted molar refractivity (Wildman–Crippen MR) is 96.8 cm³/mol. The number of nitrogen functional groups attached to an aromatic ring is 1. The van der Waals surface area contributed by atoms with E-state index in [0.29, 0.717) is 23.4 Å². The Balaban J connectivity index is 1.79. The molecule has 3 rings (SSSR count). The molecular formula is C16H21N7O2. The van der Waals surface area contributed by atoms with E-state index in [1.807, 2.05) is 25.3 Å². The van der Waals surface area contributed by atoms with E-state index in [-0.39, 0.29) is 29.3 Å². The quantitative estimate of drug-likeness (QED) is 0.638. The van der Waals surface area contributed by atoms with Gasteiger partial charge in [-0.1, -0.05) is 0 Å². The van der Waals surface area contributed by atoms with E-state index in [1.165, 1.54) is 0 Å². The Bertz CT molecular complexity index is 1020. The zero-order valence-corrected chi connectivity index (χ0v) is 14.4. The maximum absolute atomic E-state index is 11.9. The van der Waals surface area contributed by atoms with Crippen LogP contribution in [-0.2, 0) is 0 Å². The lowest BCUT2D eigenvalue weighted by Crippen LogP contribution is -2.26. The van der Waals surface area contributed by atoms with Crippen LogP contribution < -0.4 is 22.3 Å². The molecule has 0 aliphatic heterocycles. The lowest BCUT2D eigenvalue weighted by atomic mass is 10.3.